The first-order chi connectivity index (χ1) is 15.9. The van der Waals surface area contributed by atoms with E-state index < -0.39 is 0 Å². The van der Waals surface area contributed by atoms with E-state index >= 15 is 0 Å². The third-order valence-corrected chi connectivity index (χ3v) is 7.59. The van der Waals surface area contributed by atoms with Crippen molar-refractivity contribution in [1.29, 1.82) is 0 Å². The Kier molecular flexibility index (Phi) is 7.98. The lowest BCUT2D eigenvalue weighted by atomic mass is 9.82. The Morgan fingerprint density at radius 1 is 1.18 bits per heavy atom. The molecule has 2 aliphatic heterocycles. The van der Waals surface area contributed by atoms with Gasteiger partial charge >= 0.3 is 0 Å². The number of rotatable bonds is 6. The number of nitrogens with zero attached hydrogens (tertiary/aromatic N) is 2. The molecule has 0 radical (unpaired) electrons. The molecule has 1 aromatic rings. The number of hydrogen-bond acceptors (Lipinski definition) is 5. The highest BCUT2D eigenvalue weighted by atomic mass is 16.5. The molecular weight excluding hydrogens is 416 g/mol. The second-order valence-electron chi connectivity index (χ2n) is 10.6. The van der Waals surface area contributed by atoms with Gasteiger partial charge in [0.15, 0.2) is 0 Å². The van der Waals surface area contributed by atoms with Gasteiger partial charge in [-0.3, -0.25) is 9.69 Å². The standard InChI is InChI=1S/C27H42N2O4/c1-20(2)32-24-11-10-23(16-21(24)3)26(30)29-14-12-27(13-15-29)18-28(19-31-4)17-25(33-27)22-8-6-5-7-9-22/h10-11,16,20,22,25H,5-9,12-15,17-19H2,1-4H3. The number of morpholine rings is 1. The summed E-state index contributed by atoms with van der Waals surface area (Å²) in [5.41, 5.74) is 1.58. The highest BCUT2D eigenvalue weighted by Crippen LogP contribution is 2.38. The summed E-state index contributed by atoms with van der Waals surface area (Å²) in [6.45, 7) is 10.0. The second kappa shape index (κ2) is 10.7. The molecule has 6 heteroatoms. The zero-order chi connectivity index (χ0) is 23.4. The maximum absolute atomic E-state index is 13.2. The van der Waals surface area contributed by atoms with Crippen LogP contribution < -0.4 is 4.74 Å². The Labute approximate surface area is 199 Å². The van der Waals surface area contributed by atoms with Crippen LogP contribution in [0.25, 0.3) is 0 Å². The number of methoxy groups -OCH3 is 1. The van der Waals surface area contributed by atoms with Crippen LogP contribution >= 0.6 is 0 Å². The van der Waals surface area contributed by atoms with Crippen molar-refractivity contribution < 1.29 is 19.0 Å². The van der Waals surface area contributed by atoms with Gasteiger partial charge in [-0.15, -0.1) is 0 Å². The summed E-state index contributed by atoms with van der Waals surface area (Å²) < 4.78 is 18.2. The summed E-state index contributed by atoms with van der Waals surface area (Å²) in [6.07, 6.45) is 8.74. The van der Waals surface area contributed by atoms with Crippen molar-refractivity contribution in [3.8, 4) is 5.75 Å². The van der Waals surface area contributed by atoms with Gasteiger partial charge in [0.05, 0.1) is 24.5 Å². The molecule has 0 bridgehead atoms. The number of carbonyl (C=O) groups is 1. The maximum atomic E-state index is 13.2. The van der Waals surface area contributed by atoms with E-state index in [2.05, 4.69) is 4.90 Å². The monoisotopic (exact) mass is 458 g/mol. The van der Waals surface area contributed by atoms with Gasteiger partial charge in [0.2, 0.25) is 0 Å². The van der Waals surface area contributed by atoms with E-state index in [-0.39, 0.29) is 23.7 Å². The molecule has 2 saturated heterocycles. The summed E-state index contributed by atoms with van der Waals surface area (Å²) in [4.78, 5) is 17.7. The molecule has 1 unspecified atom stereocenters. The minimum Gasteiger partial charge on any atom is -0.491 e. The lowest BCUT2D eigenvalue weighted by Crippen LogP contribution is -2.61. The predicted molar refractivity (Wildman–Crippen MR) is 130 cm³/mol. The molecule has 0 N–H and O–H groups in total. The molecule has 1 aromatic carbocycles. The number of piperidine rings is 1. The topological polar surface area (TPSA) is 51.2 Å². The molecule has 0 aromatic heterocycles. The van der Waals surface area contributed by atoms with Crippen molar-refractivity contribution >= 4 is 5.91 Å². The number of carbonyl (C=O) groups excluding carboxylic acids is 1. The van der Waals surface area contributed by atoms with Crippen molar-refractivity contribution in [2.45, 2.75) is 83.5 Å². The average molecular weight is 459 g/mol. The zero-order valence-corrected chi connectivity index (χ0v) is 21.0. The van der Waals surface area contributed by atoms with E-state index in [1.54, 1.807) is 7.11 Å². The van der Waals surface area contributed by atoms with E-state index in [9.17, 15) is 4.79 Å². The lowest BCUT2D eigenvalue weighted by Gasteiger charge is -2.51. The highest BCUT2D eigenvalue weighted by Gasteiger charge is 2.45. The Bertz CT molecular complexity index is 797. The Morgan fingerprint density at radius 2 is 1.91 bits per heavy atom. The SMILES string of the molecule is COCN1CC(C2CCCCC2)OC2(CCN(C(=O)c3ccc(OC(C)C)c(C)c3)CC2)C1. The lowest BCUT2D eigenvalue weighted by molar-refractivity contribution is -0.201. The van der Waals surface area contributed by atoms with Gasteiger partial charge in [0, 0.05) is 38.9 Å². The Balaban J connectivity index is 1.40. The summed E-state index contributed by atoms with van der Waals surface area (Å²) in [7, 11) is 1.78. The first kappa shape index (κ1) is 24.5. The molecule has 1 saturated carbocycles. The van der Waals surface area contributed by atoms with Crippen molar-refractivity contribution in [1.82, 2.24) is 9.80 Å². The fourth-order valence-corrected chi connectivity index (χ4v) is 5.90. The summed E-state index contributed by atoms with van der Waals surface area (Å²) in [5.74, 6) is 1.61. The van der Waals surface area contributed by atoms with Crippen LogP contribution in [0.1, 0.15) is 74.7 Å². The van der Waals surface area contributed by atoms with Gasteiger partial charge in [0.1, 0.15) is 5.75 Å². The fraction of sp³-hybridized carbons (Fsp3) is 0.741. The summed E-state index contributed by atoms with van der Waals surface area (Å²) in [5, 5.41) is 0. The number of ether oxygens (including phenoxy) is 3. The molecule has 1 aliphatic carbocycles. The number of hydrogen-bond donors (Lipinski definition) is 0. The van der Waals surface area contributed by atoms with Crippen molar-refractivity contribution in [2.24, 2.45) is 5.92 Å². The van der Waals surface area contributed by atoms with E-state index in [1.807, 2.05) is 43.9 Å². The van der Waals surface area contributed by atoms with Crippen LogP contribution in [0.4, 0.5) is 0 Å². The summed E-state index contributed by atoms with van der Waals surface area (Å²) >= 11 is 0. The number of likely N-dealkylation sites (tertiary alicyclic amines) is 1. The molecule has 6 nitrogen and oxygen atoms in total. The van der Waals surface area contributed by atoms with E-state index in [1.165, 1.54) is 32.1 Å². The van der Waals surface area contributed by atoms with Crippen LogP contribution in [0.3, 0.4) is 0 Å². The van der Waals surface area contributed by atoms with Gasteiger partial charge in [-0.1, -0.05) is 19.3 Å². The minimum absolute atomic E-state index is 0.109. The maximum Gasteiger partial charge on any atom is 0.253 e. The van der Waals surface area contributed by atoms with Crippen LogP contribution in [0.2, 0.25) is 0 Å². The highest BCUT2D eigenvalue weighted by molar-refractivity contribution is 5.94. The first-order valence-electron chi connectivity index (χ1n) is 12.8. The van der Waals surface area contributed by atoms with Gasteiger partial charge in [-0.25, -0.2) is 0 Å². The third-order valence-electron chi connectivity index (χ3n) is 7.59. The second-order valence-corrected chi connectivity index (χ2v) is 10.6. The van der Waals surface area contributed by atoms with Gasteiger partial charge in [-0.2, -0.15) is 0 Å². The van der Waals surface area contributed by atoms with Crippen LogP contribution in [-0.4, -0.2) is 73.5 Å². The first-order valence-corrected chi connectivity index (χ1v) is 12.8. The van der Waals surface area contributed by atoms with Crippen molar-refractivity contribution in [2.75, 3.05) is 40.0 Å². The van der Waals surface area contributed by atoms with Gasteiger partial charge in [0.25, 0.3) is 5.91 Å². The molecular formula is C27H42N2O4. The minimum atomic E-state index is -0.166. The summed E-state index contributed by atoms with van der Waals surface area (Å²) in [6, 6.07) is 5.78. The van der Waals surface area contributed by atoms with Gasteiger partial charge in [-0.05, 0) is 76.1 Å². The molecule has 3 fully saturated rings. The predicted octanol–water partition coefficient (Wildman–Crippen LogP) is 4.64. The molecule has 33 heavy (non-hydrogen) atoms. The molecule has 184 valence electrons. The van der Waals surface area contributed by atoms with Crippen LogP contribution in [0.5, 0.6) is 5.75 Å². The number of amides is 1. The van der Waals surface area contributed by atoms with Crippen molar-refractivity contribution in [3.05, 3.63) is 29.3 Å². The molecule has 1 spiro atoms. The fourth-order valence-electron chi connectivity index (χ4n) is 5.90. The van der Waals surface area contributed by atoms with Crippen LogP contribution in [-0.2, 0) is 9.47 Å². The third kappa shape index (κ3) is 5.90. The average Bonchev–Trinajstić information content (AvgIpc) is 2.81. The number of aryl methyl sites for hydroxylation is 1. The largest absolute Gasteiger partial charge is 0.491 e. The van der Waals surface area contributed by atoms with Crippen molar-refractivity contribution in [3.63, 3.8) is 0 Å². The van der Waals surface area contributed by atoms with E-state index in [0.29, 0.717) is 12.6 Å². The van der Waals surface area contributed by atoms with E-state index in [0.717, 1.165) is 55.9 Å². The van der Waals surface area contributed by atoms with E-state index in [4.69, 9.17) is 14.2 Å². The molecule has 1 amide bonds. The zero-order valence-electron chi connectivity index (χ0n) is 21.0. The molecule has 1 atom stereocenters. The molecule has 4 rings (SSSR count). The normalized spacial score (nSPS) is 24.4. The molecule has 2 heterocycles. The van der Waals surface area contributed by atoms with Crippen LogP contribution in [0, 0.1) is 12.8 Å². The number of benzene rings is 1. The smallest absolute Gasteiger partial charge is 0.253 e. The Hall–Kier alpha value is -1.63. The molecule has 3 aliphatic rings. The Morgan fingerprint density at radius 3 is 2.55 bits per heavy atom. The van der Waals surface area contributed by atoms with Gasteiger partial charge < -0.3 is 19.1 Å². The van der Waals surface area contributed by atoms with Crippen LogP contribution in [0.15, 0.2) is 18.2 Å². The quantitative estimate of drug-likeness (QED) is 0.622.